The SMILES string of the molecule is CCOc1cc(C(=O)NCC(=O)Nc2ccc(F)c(F)c2F)ccc1OC. The summed E-state index contributed by atoms with van der Waals surface area (Å²) in [6.07, 6.45) is 0. The number of carbonyl (C=O) groups is 2. The van der Waals surface area contributed by atoms with Gasteiger partial charge in [-0.1, -0.05) is 0 Å². The van der Waals surface area contributed by atoms with Gasteiger partial charge in [-0.3, -0.25) is 9.59 Å². The van der Waals surface area contributed by atoms with Gasteiger partial charge in [-0.2, -0.15) is 0 Å². The van der Waals surface area contributed by atoms with Crippen LogP contribution in [0.25, 0.3) is 0 Å². The van der Waals surface area contributed by atoms with Crippen molar-refractivity contribution in [1.82, 2.24) is 5.32 Å². The molecule has 6 nitrogen and oxygen atoms in total. The molecule has 2 N–H and O–H groups in total. The lowest BCUT2D eigenvalue weighted by molar-refractivity contribution is -0.115. The molecule has 9 heteroatoms. The highest BCUT2D eigenvalue weighted by Crippen LogP contribution is 2.28. The van der Waals surface area contributed by atoms with Gasteiger partial charge >= 0.3 is 0 Å². The van der Waals surface area contributed by atoms with Crippen LogP contribution in [-0.4, -0.2) is 32.1 Å². The molecule has 144 valence electrons. The predicted molar refractivity (Wildman–Crippen MR) is 91.4 cm³/mol. The monoisotopic (exact) mass is 382 g/mol. The Labute approximate surface area is 153 Å². The van der Waals surface area contributed by atoms with Gasteiger partial charge < -0.3 is 20.1 Å². The molecule has 27 heavy (non-hydrogen) atoms. The summed E-state index contributed by atoms with van der Waals surface area (Å²) in [7, 11) is 1.46. The Morgan fingerprint density at radius 3 is 2.44 bits per heavy atom. The number of hydrogen-bond acceptors (Lipinski definition) is 4. The second-order valence-corrected chi connectivity index (χ2v) is 5.25. The quantitative estimate of drug-likeness (QED) is 0.722. The molecule has 0 aliphatic heterocycles. The molecule has 0 atom stereocenters. The number of anilines is 1. The lowest BCUT2D eigenvalue weighted by Gasteiger charge is -2.11. The van der Waals surface area contributed by atoms with Crippen molar-refractivity contribution in [1.29, 1.82) is 0 Å². The van der Waals surface area contributed by atoms with Crippen LogP contribution in [0.4, 0.5) is 18.9 Å². The fourth-order valence-corrected chi connectivity index (χ4v) is 2.17. The lowest BCUT2D eigenvalue weighted by atomic mass is 10.2. The molecular weight excluding hydrogens is 365 g/mol. The van der Waals surface area contributed by atoms with Crippen molar-refractivity contribution in [2.24, 2.45) is 0 Å². The van der Waals surface area contributed by atoms with E-state index in [-0.39, 0.29) is 5.56 Å². The Morgan fingerprint density at radius 2 is 1.78 bits per heavy atom. The van der Waals surface area contributed by atoms with Gasteiger partial charge in [0.25, 0.3) is 5.91 Å². The van der Waals surface area contributed by atoms with Gasteiger partial charge in [-0.05, 0) is 37.3 Å². The molecular formula is C18H17F3N2O4. The molecule has 0 spiro atoms. The molecule has 0 saturated carbocycles. The molecule has 0 aliphatic carbocycles. The van der Waals surface area contributed by atoms with Crippen molar-refractivity contribution in [2.45, 2.75) is 6.92 Å². The third-order valence-electron chi connectivity index (χ3n) is 3.44. The Hall–Kier alpha value is -3.23. The molecule has 0 aliphatic rings. The fraction of sp³-hybridized carbons (Fsp3) is 0.222. The molecule has 0 aromatic heterocycles. The van der Waals surface area contributed by atoms with Crippen molar-refractivity contribution < 1.29 is 32.2 Å². The molecule has 2 aromatic rings. The third kappa shape index (κ3) is 4.90. The minimum absolute atomic E-state index is 0.214. The second-order valence-electron chi connectivity index (χ2n) is 5.25. The van der Waals surface area contributed by atoms with Crippen LogP contribution >= 0.6 is 0 Å². The topological polar surface area (TPSA) is 76.7 Å². The maximum absolute atomic E-state index is 13.5. The highest BCUT2D eigenvalue weighted by atomic mass is 19.2. The number of methoxy groups -OCH3 is 1. The molecule has 0 saturated heterocycles. The number of rotatable bonds is 7. The second kappa shape index (κ2) is 8.93. The number of carbonyl (C=O) groups excluding carboxylic acids is 2. The van der Waals surface area contributed by atoms with Crippen molar-refractivity contribution in [3.05, 3.63) is 53.3 Å². The van der Waals surface area contributed by atoms with Crippen molar-refractivity contribution in [3.63, 3.8) is 0 Å². The van der Waals surface area contributed by atoms with Crippen LogP contribution in [0.1, 0.15) is 17.3 Å². The number of nitrogens with one attached hydrogen (secondary N) is 2. The smallest absolute Gasteiger partial charge is 0.251 e. The number of hydrogen-bond donors (Lipinski definition) is 2. The van der Waals surface area contributed by atoms with Crippen LogP contribution in [0.15, 0.2) is 30.3 Å². The minimum atomic E-state index is -1.70. The van der Waals surface area contributed by atoms with E-state index < -0.39 is 41.5 Å². The summed E-state index contributed by atoms with van der Waals surface area (Å²) in [4.78, 5) is 24.0. The maximum atomic E-state index is 13.5. The molecule has 0 unspecified atom stereocenters. The summed E-state index contributed by atoms with van der Waals surface area (Å²) in [5.74, 6) is -5.18. The first kappa shape index (κ1) is 20.1. The maximum Gasteiger partial charge on any atom is 0.251 e. The van der Waals surface area contributed by atoms with E-state index >= 15 is 0 Å². The Balaban J connectivity index is 2.00. The van der Waals surface area contributed by atoms with Crippen molar-refractivity contribution >= 4 is 17.5 Å². The normalized spacial score (nSPS) is 10.3. The van der Waals surface area contributed by atoms with E-state index in [1.807, 2.05) is 0 Å². The summed E-state index contributed by atoms with van der Waals surface area (Å²) >= 11 is 0. The molecule has 2 rings (SSSR count). The minimum Gasteiger partial charge on any atom is -0.493 e. The molecule has 2 amide bonds. The number of amides is 2. The first-order chi connectivity index (χ1) is 12.9. The van der Waals surface area contributed by atoms with Crippen LogP contribution in [0.5, 0.6) is 11.5 Å². The van der Waals surface area contributed by atoms with Gasteiger partial charge in [0, 0.05) is 5.56 Å². The van der Waals surface area contributed by atoms with E-state index in [4.69, 9.17) is 9.47 Å². The van der Waals surface area contributed by atoms with Gasteiger partial charge in [0.15, 0.2) is 29.0 Å². The first-order valence-electron chi connectivity index (χ1n) is 7.89. The Morgan fingerprint density at radius 1 is 1.04 bits per heavy atom. The molecule has 0 fully saturated rings. The Kier molecular flexibility index (Phi) is 6.64. The predicted octanol–water partition coefficient (Wildman–Crippen LogP) is 2.88. The zero-order chi connectivity index (χ0) is 20.0. The van der Waals surface area contributed by atoms with Crippen LogP contribution < -0.4 is 20.1 Å². The fourth-order valence-electron chi connectivity index (χ4n) is 2.17. The summed E-state index contributed by atoms with van der Waals surface area (Å²) in [5, 5.41) is 4.39. The van der Waals surface area contributed by atoms with E-state index in [0.29, 0.717) is 24.2 Å². The van der Waals surface area contributed by atoms with Gasteiger partial charge in [-0.15, -0.1) is 0 Å². The standard InChI is InChI=1S/C18H17F3N2O4/c1-3-27-14-8-10(4-7-13(14)26-2)18(25)22-9-15(24)23-12-6-5-11(19)16(20)17(12)21/h4-8H,3,9H2,1-2H3,(H,22,25)(H,23,24). The van der Waals surface area contributed by atoms with Crippen molar-refractivity contribution in [3.8, 4) is 11.5 Å². The van der Waals surface area contributed by atoms with Crippen LogP contribution in [0, 0.1) is 17.5 Å². The summed E-state index contributed by atoms with van der Waals surface area (Å²) in [5.41, 5.74) is -0.317. The average Bonchev–Trinajstić information content (AvgIpc) is 2.66. The van der Waals surface area contributed by atoms with E-state index in [1.165, 1.54) is 25.3 Å². The highest BCUT2D eigenvalue weighted by Gasteiger charge is 2.16. The highest BCUT2D eigenvalue weighted by molar-refractivity contribution is 5.99. The van der Waals surface area contributed by atoms with E-state index in [1.54, 1.807) is 6.92 Å². The number of halogens is 3. The summed E-state index contributed by atoms with van der Waals surface area (Å²) in [6, 6.07) is 6.02. The Bertz CT molecular complexity index is 859. The number of ether oxygens (including phenoxy) is 2. The van der Waals surface area contributed by atoms with E-state index in [0.717, 1.165) is 6.07 Å². The third-order valence-corrected chi connectivity index (χ3v) is 3.44. The molecule has 0 heterocycles. The molecule has 0 bridgehead atoms. The summed E-state index contributed by atoms with van der Waals surface area (Å²) < 4.78 is 50.0. The molecule has 2 aromatic carbocycles. The summed E-state index contributed by atoms with van der Waals surface area (Å²) in [6.45, 7) is 1.63. The van der Waals surface area contributed by atoms with E-state index in [2.05, 4.69) is 10.6 Å². The van der Waals surface area contributed by atoms with Gasteiger partial charge in [0.1, 0.15) is 0 Å². The van der Waals surface area contributed by atoms with Gasteiger partial charge in [0.2, 0.25) is 5.91 Å². The zero-order valence-electron chi connectivity index (χ0n) is 14.6. The first-order valence-corrected chi connectivity index (χ1v) is 7.89. The van der Waals surface area contributed by atoms with Crippen LogP contribution in [-0.2, 0) is 4.79 Å². The van der Waals surface area contributed by atoms with E-state index in [9.17, 15) is 22.8 Å². The zero-order valence-corrected chi connectivity index (χ0v) is 14.6. The van der Waals surface area contributed by atoms with Crippen molar-refractivity contribution in [2.75, 3.05) is 25.6 Å². The lowest BCUT2D eigenvalue weighted by Crippen LogP contribution is -2.33. The molecule has 0 radical (unpaired) electrons. The largest absolute Gasteiger partial charge is 0.493 e. The van der Waals surface area contributed by atoms with Gasteiger partial charge in [-0.25, -0.2) is 13.2 Å². The van der Waals surface area contributed by atoms with Crippen LogP contribution in [0.2, 0.25) is 0 Å². The average molecular weight is 382 g/mol. The van der Waals surface area contributed by atoms with Gasteiger partial charge in [0.05, 0.1) is 25.9 Å². The number of benzene rings is 2. The van der Waals surface area contributed by atoms with Crippen LogP contribution in [0.3, 0.4) is 0 Å².